The molecule has 0 atom stereocenters. The van der Waals surface area contributed by atoms with E-state index in [1.165, 1.54) is 11.6 Å². The van der Waals surface area contributed by atoms with E-state index in [1.54, 1.807) is 44.4 Å². The molecule has 1 N–H and O–H groups in total. The maximum Gasteiger partial charge on any atom is 0.297 e. The van der Waals surface area contributed by atoms with Gasteiger partial charge in [-0.2, -0.15) is 8.42 Å². The lowest BCUT2D eigenvalue weighted by atomic mass is 9.72. The highest BCUT2D eigenvalue weighted by Gasteiger charge is 2.32. The van der Waals surface area contributed by atoms with Crippen LogP contribution in [0.4, 0.5) is 11.6 Å². The number of hydrogen-bond donors (Lipinski definition) is 1. The van der Waals surface area contributed by atoms with Crippen molar-refractivity contribution in [1.29, 1.82) is 0 Å². The number of anilines is 2. The summed E-state index contributed by atoms with van der Waals surface area (Å²) in [6.07, 6.45) is 2.74. The molecule has 1 heterocycles. The third kappa shape index (κ3) is 5.74. The third-order valence-corrected chi connectivity index (χ3v) is 8.25. The highest BCUT2D eigenvalue weighted by Crippen LogP contribution is 2.43. The Kier molecular flexibility index (Phi) is 7.29. The predicted molar refractivity (Wildman–Crippen MR) is 150 cm³/mol. The van der Waals surface area contributed by atoms with Gasteiger partial charge in [-0.3, -0.25) is 4.18 Å². The van der Waals surface area contributed by atoms with Gasteiger partial charge in [-0.05, 0) is 77.9 Å². The Balaban J connectivity index is 1.22. The number of nitrogens with zero attached hydrogens (tertiary/aromatic N) is 2. The minimum Gasteiger partial charge on any atom is -0.497 e. The van der Waals surface area contributed by atoms with Crippen LogP contribution in [0, 0.1) is 6.92 Å². The first-order valence-electron chi connectivity index (χ1n) is 12.7. The summed E-state index contributed by atoms with van der Waals surface area (Å²) in [5, 5.41) is 3.26. The van der Waals surface area contributed by atoms with E-state index in [0.29, 0.717) is 17.3 Å². The first-order chi connectivity index (χ1) is 18.7. The molecule has 39 heavy (non-hydrogen) atoms. The number of aryl methyl sites for hydroxylation is 1. The van der Waals surface area contributed by atoms with Gasteiger partial charge < -0.3 is 14.8 Å². The predicted octanol–water partition coefficient (Wildman–Crippen LogP) is 5.82. The van der Waals surface area contributed by atoms with Crippen molar-refractivity contribution in [2.24, 2.45) is 0 Å². The van der Waals surface area contributed by atoms with E-state index < -0.39 is 10.1 Å². The Morgan fingerprint density at radius 3 is 2.46 bits per heavy atom. The van der Waals surface area contributed by atoms with Crippen LogP contribution in [0.3, 0.4) is 0 Å². The minimum absolute atomic E-state index is 0.0293. The van der Waals surface area contributed by atoms with Gasteiger partial charge in [0.15, 0.2) is 0 Å². The molecule has 9 heteroatoms. The topological polar surface area (TPSA) is 99.6 Å². The Morgan fingerprint density at radius 2 is 1.72 bits per heavy atom. The molecular weight excluding hydrogens is 514 g/mol. The number of benzene rings is 3. The second-order valence-electron chi connectivity index (χ2n) is 10.1. The van der Waals surface area contributed by atoms with Crippen molar-refractivity contribution in [3.63, 3.8) is 0 Å². The summed E-state index contributed by atoms with van der Waals surface area (Å²) >= 11 is 0. The Bertz CT molecular complexity index is 1600. The monoisotopic (exact) mass is 545 g/mol. The van der Waals surface area contributed by atoms with Gasteiger partial charge in [-0.25, -0.2) is 9.97 Å². The molecule has 0 saturated carbocycles. The van der Waals surface area contributed by atoms with Gasteiger partial charge in [-0.15, -0.1) is 0 Å². The SMILES string of the molecule is COc1ccc2c(c1)-c1nc(Nc3ccc(OCCOS(=O)(=O)c4ccccc4C)cc3)ncc1CC2(C)C. The molecule has 8 nitrogen and oxygen atoms in total. The second kappa shape index (κ2) is 10.7. The molecule has 0 fully saturated rings. The summed E-state index contributed by atoms with van der Waals surface area (Å²) < 4.78 is 41.1. The highest BCUT2D eigenvalue weighted by atomic mass is 32.2. The number of aromatic nitrogens is 2. The summed E-state index contributed by atoms with van der Waals surface area (Å²) in [4.78, 5) is 9.56. The Morgan fingerprint density at radius 1 is 0.974 bits per heavy atom. The van der Waals surface area contributed by atoms with E-state index in [-0.39, 0.29) is 23.5 Å². The normalized spacial score (nSPS) is 13.7. The van der Waals surface area contributed by atoms with Crippen LogP contribution in [0.5, 0.6) is 11.5 Å². The number of hydrogen-bond acceptors (Lipinski definition) is 8. The molecule has 4 aromatic rings. The first-order valence-corrected chi connectivity index (χ1v) is 14.1. The molecule has 0 amide bonds. The van der Waals surface area contributed by atoms with Gasteiger partial charge in [0.2, 0.25) is 5.95 Å². The van der Waals surface area contributed by atoms with Crippen LogP contribution in [-0.4, -0.2) is 38.7 Å². The quantitative estimate of drug-likeness (QED) is 0.207. The summed E-state index contributed by atoms with van der Waals surface area (Å²) in [5.74, 6) is 1.87. The summed E-state index contributed by atoms with van der Waals surface area (Å²) in [6.45, 7) is 6.18. The number of fused-ring (bicyclic) bond motifs is 3. The van der Waals surface area contributed by atoms with Crippen LogP contribution in [-0.2, 0) is 26.1 Å². The molecule has 0 radical (unpaired) electrons. The zero-order valence-electron chi connectivity index (χ0n) is 22.4. The average Bonchev–Trinajstić information content (AvgIpc) is 2.92. The number of ether oxygens (including phenoxy) is 2. The number of rotatable bonds is 9. The van der Waals surface area contributed by atoms with Crippen molar-refractivity contribution in [3.8, 4) is 22.8 Å². The van der Waals surface area contributed by atoms with Crippen LogP contribution in [0.25, 0.3) is 11.3 Å². The Labute approximate surface area is 229 Å². The zero-order valence-corrected chi connectivity index (χ0v) is 23.2. The molecule has 5 rings (SSSR count). The van der Waals surface area contributed by atoms with Crippen LogP contribution in [0.15, 0.2) is 77.8 Å². The summed E-state index contributed by atoms with van der Waals surface area (Å²) in [5.41, 5.74) is 5.69. The minimum atomic E-state index is -3.83. The number of methoxy groups -OCH3 is 1. The maximum atomic E-state index is 12.4. The molecule has 1 aliphatic carbocycles. The van der Waals surface area contributed by atoms with Crippen LogP contribution in [0.2, 0.25) is 0 Å². The zero-order chi connectivity index (χ0) is 27.6. The smallest absolute Gasteiger partial charge is 0.297 e. The molecule has 0 saturated heterocycles. The fourth-order valence-corrected chi connectivity index (χ4v) is 5.93. The van der Waals surface area contributed by atoms with Gasteiger partial charge >= 0.3 is 0 Å². The highest BCUT2D eigenvalue weighted by molar-refractivity contribution is 7.86. The molecule has 1 aromatic heterocycles. The van der Waals surface area contributed by atoms with Crippen molar-refractivity contribution >= 4 is 21.8 Å². The molecule has 0 bridgehead atoms. The fraction of sp³-hybridized carbons (Fsp3) is 0.267. The molecular formula is C30H31N3O5S. The van der Waals surface area contributed by atoms with Crippen molar-refractivity contribution in [2.75, 3.05) is 25.6 Å². The average molecular weight is 546 g/mol. The van der Waals surface area contributed by atoms with Gasteiger partial charge in [0, 0.05) is 17.4 Å². The summed E-state index contributed by atoms with van der Waals surface area (Å²) in [6, 6.07) is 20.1. The lowest BCUT2D eigenvalue weighted by Crippen LogP contribution is -2.26. The van der Waals surface area contributed by atoms with Crippen molar-refractivity contribution < 1.29 is 22.1 Å². The van der Waals surface area contributed by atoms with Gasteiger partial charge in [0.25, 0.3) is 10.1 Å². The molecule has 0 aliphatic heterocycles. The van der Waals surface area contributed by atoms with Crippen molar-refractivity contribution in [3.05, 3.63) is 89.6 Å². The molecule has 1 aliphatic rings. The van der Waals surface area contributed by atoms with E-state index >= 15 is 0 Å². The lowest BCUT2D eigenvalue weighted by molar-refractivity contribution is 0.221. The van der Waals surface area contributed by atoms with Gasteiger partial charge in [0.05, 0.1) is 17.7 Å². The van der Waals surface area contributed by atoms with Gasteiger partial charge in [0.1, 0.15) is 24.7 Å². The maximum absolute atomic E-state index is 12.4. The van der Waals surface area contributed by atoms with Gasteiger partial charge in [-0.1, -0.05) is 38.1 Å². The third-order valence-electron chi connectivity index (χ3n) is 6.77. The van der Waals surface area contributed by atoms with Crippen LogP contribution < -0.4 is 14.8 Å². The molecule has 0 spiro atoms. The van der Waals surface area contributed by atoms with Crippen molar-refractivity contribution in [1.82, 2.24) is 9.97 Å². The first kappa shape index (κ1) is 26.6. The summed E-state index contributed by atoms with van der Waals surface area (Å²) in [7, 11) is -2.17. The second-order valence-corrected chi connectivity index (χ2v) is 11.7. The van der Waals surface area contributed by atoms with E-state index in [0.717, 1.165) is 34.7 Å². The lowest BCUT2D eigenvalue weighted by Gasteiger charge is -2.33. The van der Waals surface area contributed by atoms with E-state index in [2.05, 4.69) is 30.2 Å². The standard InChI is InChI=1S/C30H31N3O5S/c1-20-7-5-6-8-27(20)39(34,35)38-16-15-37-23-11-9-22(10-12-23)32-29-31-19-21-18-30(2,3)26-14-13-24(36-4)17-25(26)28(21)33-29/h5-14,17,19H,15-16,18H2,1-4H3,(H,31,32,33). The van der Waals surface area contributed by atoms with Crippen LogP contribution in [0.1, 0.15) is 30.5 Å². The van der Waals surface area contributed by atoms with Crippen molar-refractivity contribution in [2.45, 2.75) is 37.5 Å². The van der Waals surface area contributed by atoms with E-state index in [9.17, 15) is 8.42 Å². The number of nitrogens with one attached hydrogen (secondary N) is 1. The molecule has 0 unspecified atom stereocenters. The molecule has 202 valence electrons. The van der Waals surface area contributed by atoms with E-state index in [1.807, 2.05) is 30.5 Å². The van der Waals surface area contributed by atoms with Crippen LogP contribution >= 0.6 is 0 Å². The van der Waals surface area contributed by atoms with E-state index in [4.69, 9.17) is 18.6 Å². The Hall–Kier alpha value is -3.95. The molecule has 3 aromatic carbocycles. The fourth-order valence-electron chi connectivity index (χ4n) is 4.80. The largest absolute Gasteiger partial charge is 0.497 e.